The minimum absolute atomic E-state index is 0.215. The number of thioether (sulfide) groups is 1. The maximum absolute atomic E-state index is 9.27. The predicted octanol–water partition coefficient (Wildman–Crippen LogP) is 3.68. The molecule has 2 aromatic carbocycles. The van der Waals surface area contributed by atoms with Gasteiger partial charge >= 0.3 is 0 Å². The van der Waals surface area contributed by atoms with Crippen LogP contribution in [-0.4, -0.2) is 32.9 Å². The number of ether oxygens (including phenoxy) is 1. The van der Waals surface area contributed by atoms with E-state index in [4.69, 9.17) is 4.74 Å². The Labute approximate surface area is 162 Å². The van der Waals surface area contributed by atoms with Crippen LogP contribution in [0.5, 0.6) is 0 Å². The average molecular weight is 377 g/mol. The molecule has 1 aliphatic rings. The van der Waals surface area contributed by atoms with Crippen molar-refractivity contribution in [3.63, 3.8) is 0 Å². The fourth-order valence-electron chi connectivity index (χ4n) is 3.16. The molecule has 3 aromatic rings. The summed E-state index contributed by atoms with van der Waals surface area (Å²) in [6.07, 6.45) is 2.39. The zero-order valence-electron chi connectivity index (χ0n) is 14.8. The summed E-state index contributed by atoms with van der Waals surface area (Å²) in [6.45, 7) is 1.54. The van der Waals surface area contributed by atoms with Gasteiger partial charge in [-0.3, -0.25) is 0 Å². The number of hydrogen-bond acceptors (Lipinski definition) is 6. The van der Waals surface area contributed by atoms with Gasteiger partial charge in [-0.15, -0.1) is 5.10 Å². The summed E-state index contributed by atoms with van der Waals surface area (Å²) >= 11 is 1.62. The average Bonchev–Trinajstić information content (AvgIpc) is 3.39. The molecule has 2 heterocycles. The predicted molar refractivity (Wildman–Crippen MR) is 103 cm³/mol. The topological polar surface area (TPSA) is 76.6 Å². The van der Waals surface area contributed by atoms with Crippen LogP contribution in [0.1, 0.15) is 24.0 Å². The van der Waals surface area contributed by atoms with E-state index in [2.05, 4.69) is 45.9 Å². The normalized spacial score (nSPS) is 16.3. The first-order valence-electron chi connectivity index (χ1n) is 8.92. The highest BCUT2D eigenvalue weighted by Crippen LogP contribution is 2.26. The Morgan fingerprint density at radius 3 is 2.81 bits per heavy atom. The van der Waals surface area contributed by atoms with E-state index in [0.29, 0.717) is 12.1 Å². The van der Waals surface area contributed by atoms with Gasteiger partial charge in [0.15, 0.2) is 0 Å². The third-order valence-corrected chi connectivity index (χ3v) is 5.61. The van der Waals surface area contributed by atoms with Crippen LogP contribution in [0.3, 0.4) is 0 Å². The molecule has 1 aliphatic heterocycles. The van der Waals surface area contributed by atoms with Crippen molar-refractivity contribution in [2.75, 3.05) is 6.61 Å². The van der Waals surface area contributed by atoms with Crippen LogP contribution in [0, 0.1) is 11.3 Å². The van der Waals surface area contributed by atoms with Gasteiger partial charge in [0.05, 0.1) is 24.3 Å². The molecule has 0 amide bonds. The summed E-state index contributed by atoms with van der Waals surface area (Å²) in [5.74, 6) is 0.784. The molecule has 27 heavy (non-hydrogen) atoms. The zero-order valence-corrected chi connectivity index (χ0v) is 15.6. The number of rotatable bonds is 6. The number of nitriles is 1. The SMILES string of the molecule is N#Cc1ccccc1-c1ccc(CSc2nnnn2CC2CCCO2)cc1. The molecule has 1 saturated heterocycles. The number of tetrazole rings is 1. The highest BCUT2D eigenvalue weighted by Gasteiger charge is 2.18. The van der Waals surface area contributed by atoms with E-state index in [9.17, 15) is 5.26 Å². The highest BCUT2D eigenvalue weighted by molar-refractivity contribution is 7.98. The largest absolute Gasteiger partial charge is 0.376 e. The van der Waals surface area contributed by atoms with Crippen LogP contribution in [0.2, 0.25) is 0 Å². The fourth-order valence-corrected chi connectivity index (χ4v) is 4.00. The smallest absolute Gasteiger partial charge is 0.209 e. The number of aromatic nitrogens is 4. The van der Waals surface area contributed by atoms with Crippen LogP contribution >= 0.6 is 11.8 Å². The Morgan fingerprint density at radius 2 is 2.04 bits per heavy atom. The lowest BCUT2D eigenvalue weighted by atomic mass is 10.00. The molecule has 4 rings (SSSR count). The van der Waals surface area contributed by atoms with Crippen molar-refractivity contribution in [1.82, 2.24) is 20.2 Å². The number of nitrogens with zero attached hydrogens (tertiary/aromatic N) is 5. The first-order chi connectivity index (χ1) is 13.3. The molecule has 0 N–H and O–H groups in total. The van der Waals surface area contributed by atoms with E-state index >= 15 is 0 Å². The van der Waals surface area contributed by atoms with Gasteiger partial charge in [-0.25, -0.2) is 4.68 Å². The molecule has 6 nitrogen and oxygen atoms in total. The number of hydrogen-bond donors (Lipinski definition) is 0. The Bertz CT molecular complexity index is 942. The lowest BCUT2D eigenvalue weighted by Crippen LogP contribution is -2.16. The van der Waals surface area contributed by atoms with Gasteiger partial charge in [0.1, 0.15) is 0 Å². The highest BCUT2D eigenvalue weighted by atomic mass is 32.2. The summed E-state index contributed by atoms with van der Waals surface area (Å²) in [6, 6.07) is 18.2. The van der Waals surface area contributed by atoms with Gasteiger partial charge in [0.2, 0.25) is 5.16 Å². The molecule has 0 saturated carbocycles. The van der Waals surface area contributed by atoms with E-state index in [1.54, 1.807) is 11.8 Å². The summed E-state index contributed by atoms with van der Waals surface area (Å²) in [5, 5.41) is 22.1. The first-order valence-corrected chi connectivity index (χ1v) is 9.91. The van der Waals surface area contributed by atoms with E-state index in [1.807, 2.05) is 28.9 Å². The number of benzene rings is 2. The maximum Gasteiger partial charge on any atom is 0.209 e. The fraction of sp³-hybridized carbons (Fsp3) is 0.300. The van der Waals surface area contributed by atoms with E-state index in [-0.39, 0.29) is 6.10 Å². The molecule has 0 spiro atoms. The molecular formula is C20H19N5OS. The maximum atomic E-state index is 9.27. The van der Waals surface area contributed by atoms with Crippen molar-refractivity contribution in [3.8, 4) is 17.2 Å². The Hall–Kier alpha value is -2.69. The minimum atomic E-state index is 0.215. The van der Waals surface area contributed by atoms with Gasteiger partial charge in [0.25, 0.3) is 0 Å². The van der Waals surface area contributed by atoms with Crippen molar-refractivity contribution in [1.29, 1.82) is 5.26 Å². The summed E-state index contributed by atoms with van der Waals surface area (Å²) in [4.78, 5) is 0. The Morgan fingerprint density at radius 1 is 1.19 bits per heavy atom. The molecule has 1 atom stereocenters. The van der Waals surface area contributed by atoms with E-state index in [1.165, 1.54) is 5.56 Å². The monoisotopic (exact) mass is 377 g/mol. The summed E-state index contributed by atoms with van der Waals surface area (Å²) < 4.78 is 7.50. The van der Waals surface area contributed by atoms with Crippen LogP contribution in [0.4, 0.5) is 0 Å². The van der Waals surface area contributed by atoms with Crippen molar-refractivity contribution < 1.29 is 4.74 Å². The lowest BCUT2D eigenvalue weighted by molar-refractivity contribution is 0.0912. The van der Waals surface area contributed by atoms with Gasteiger partial charge in [-0.2, -0.15) is 5.26 Å². The molecule has 1 unspecified atom stereocenters. The molecule has 136 valence electrons. The van der Waals surface area contributed by atoms with E-state index < -0.39 is 0 Å². The van der Waals surface area contributed by atoms with Crippen molar-refractivity contribution in [2.24, 2.45) is 0 Å². The second-order valence-electron chi connectivity index (χ2n) is 6.42. The first kappa shape index (κ1) is 17.7. The van der Waals surface area contributed by atoms with Crippen molar-refractivity contribution in [2.45, 2.75) is 36.4 Å². The van der Waals surface area contributed by atoms with Gasteiger partial charge < -0.3 is 4.74 Å². The molecule has 1 aromatic heterocycles. The summed E-state index contributed by atoms with van der Waals surface area (Å²) in [7, 11) is 0. The molecule has 1 fully saturated rings. The van der Waals surface area contributed by atoms with Crippen LogP contribution in [0.15, 0.2) is 53.7 Å². The van der Waals surface area contributed by atoms with Gasteiger partial charge in [0, 0.05) is 12.4 Å². The molecule has 7 heteroatoms. The van der Waals surface area contributed by atoms with Crippen molar-refractivity contribution >= 4 is 11.8 Å². The van der Waals surface area contributed by atoms with Gasteiger partial charge in [-0.1, -0.05) is 54.2 Å². The second-order valence-corrected chi connectivity index (χ2v) is 7.36. The van der Waals surface area contributed by atoms with Crippen LogP contribution < -0.4 is 0 Å². The molecule has 0 bridgehead atoms. The van der Waals surface area contributed by atoms with Crippen LogP contribution in [-0.2, 0) is 17.0 Å². The third-order valence-electron chi connectivity index (χ3n) is 4.58. The molecule has 0 aliphatic carbocycles. The van der Waals surface area contributed by atoms with E-state index in [0.717, 1.165) is 41.5 Å². The van der Waals surface area contributed by atoms with Crippen molar-refractivity contribution in [3.05, 3.63) is 59.7 Å². The summed E-state index contributed by atoms with van der Waals surface area (Å²) in [5.41, 5.74) is 3.88. The molecular weight excluding hydrogens is 358 g/mol. The second kappa shape index (κ2) is 8.33. The Kier molecular flexibility index (Phi) is 5.47. The standard InChI is InChI=1S/C20H19N5OS/c21-12-17-4-1-2-6-19(17)16-9-7-15(8-10-16)14-27-20-22-23-24-25(20)13-18-5-3-11-26-18/h1-2,4,6-10,18H,3,5,11,13-14H2. The zero-order chi connectivity index (χ0) is 18.5. The minimum Gasteiger partial charge on any atom is -0.376 e. The quantitative estimate of drug-likeness (QED) is 0.610. The third kappa shape index (κ3) is 4.18. The molecule has 0 radical (unpaired) electrons. The van der Waals surface area contributed by atoms with Crippen LogP contribution in [0.25, 0.3) is 11.1 Å². The lowest BCUT2D eigenvalue weighted by Gasteiger charge is -2.10. The Balaban J connectivity index is 1.41. The van der Waals surface area contributed by atoms with Gasteiger partial charge in [-0.05, 0) is 46.0 Å².